The number of carbonyl (C=O) groups is 1. The summed E-state index contributed by atoms with van der Waals surface area (Å²) < 4.78 is 10.9. The van der Waals surface area contributed by atoms with E-state index in [9.17, 15) is 4.79 Å². The van der Waals surface area contributed by atoms with Gasteiger partial charge in [0.15, 0.2) is 11.6 Å². The van der Waals surface area contributed by atoms with Gasteiger partial charge in [-0.1, -0.05) is 13.3 Å². The van der Waals surface area contributed by atoms with Crippen molar-refractivity contribution in [2.24, 2.45) is 0 Å². The van der Waals surface area contributed by atoms with E-state index in [0.29, 0.717) is 16.8 Å². The molecule has 2 atom stereocenters. The summed E-state index contributed by atoms with van der Waals surface area (Å²) in [6, 6.07) is 0.267. The number of carbonyl (C=O) groups excluding carboxylic acids is 1. The standard InChI is InChI=1S/C17H26N2O3S/c1-2-23-14-5-3-4-13(10-14)18-16(20)15-11-22-17(19-15)12-6-8-21-9-7-12/h11-14H,2-10H2,1H3,(H,18,20)/t13-,14+/m1/s1. The Bertz CT molecular complexity index is 512. The highest BCUT2D eigenvalue weighted by molar-refractivity contribution is 7.99. The highest BCUT2D eigenvalue weighted by Gasteiger charge is 2.26. The summed E-state index contributed by atoms with van der Waals surface area (Å²) in [7, 11) is 0. The molecule has 0 radical (unpaired) electrons. The van der Waals surface area contributed by atoms with E-state index < -0.39 is 0 Å². The number of hydrogen-bond acceptors (Lipinski definition) is 5. The summed E-state index contributed by atoms with van der Waals surface area (Å²) in [6.45, 7) is 3.68. The molecule has 1 aromatic rings. The van der Waals surface area contributed by atoms with Crippen molar-refractivity contribution in [2.75, 3.05) is 19.0 Å². The van der Waals surface area contributed by atoms with Crippen LogP contribution in [0, 0.1) is 0 Å². The Labute approximate surface area is 141 Å². The van der Waals surface area contributed by atoms with Crippen molar-refractivity contribution < 1.29 is 13.9 Å². The predicted molar refractivity (Wildman–Crippen MR) is 90.9 cm³/mol. The molecule has 1 aromatic heterocycles. The number of hydrogen-bond donors (Lipinski definition) is 1. The second-order valence-corrected chi connectivity index (χ2v) is 7.95. The zero-order valence-electron chi connectivity index (χ0n) is 13.8. The van der Waals surface area contributed by atoms with Gasteiger partial charge in [0.2, 0.25) is 0 Å². The minimum atomic E-state index is -0.0980. The molecule has 0 bridgehead atoms. The fourth-order valence-electron chi connectivity index (χ4n) is 3.45. The maximum absolute atomic E-state index is 12.4. The van der Waals surface area contributed by atoms with Gasteiger partial charge in [0.05, 0.1) is 0 Å². The molecule has 1 aliphatic carbocycles. The number of amides is 1. The van der Waals surface area contributed by atoms with E-state index in [-0.39, 0.29) is 17.9 Å². The van der Waals surface area contributed by atoms with E-state index in [1.807, 2.05) is 11.8 Å². The van der Waals surface area contributed by atoms with Gasteiger partial charge in [0, 0.05) is 30.4 Å². The van der Waals surface area contributed by atoms with Gasteiger partial charge < -0.3 is 14.5 Å². The van der Waals surface area contributed by atoms with E-state index in [4.69, 9.17) is 9.15 Å². The van der Waals surface area contributed by atoms with Crippen LogP contribution in [-0.2, 0) is 4.74 Å². The van der Waals surface area contributed by atoms with E-state index in [2.05, 4.69) is 17.2 Å². The molecule has 2 heterocycles. The van der Waals surface area contributed by atoms with Crippen LogP contribution in [0.15, 0.2) is 10.7 Å². The van der Waals surface area contributed by atoms with Gasteiger partial charge in [0.1, 0.15) is 6.26 Å². The molecule has 6 heteroatoms. The summed E-state index contributed by atoms with van der Waals surface area (Å²) in [6.07, 6.45) is 7.92. The first-order chi connectivity index (χ1) is 11.3. The number of nitrogens with one attached hydrogen (secondary N) is 1. The van der Waals surface area contributed by atoms with Crippen LogP contribution in [0.2, 0.25) is 0 Å². The van der Waals surface area contributed by atoms with Crippen molar-refractivity contribution >= 4 is 17.7 Å². The van der Waals surface area contributed by atoms with E-state index >= 15 is 0 Å². The van der Waals surface area contributed by atoms with Gasteiger partial charge >= 0.3 is 0 Å². The van der Waals surface area contributed by atoms with Gasteiger partial charge in [-0.2, -0.15) is 11.8 Å². The SMILES string of the molecule is CCS[C@H]1CCC[C@@H](NC(=O)c2coc(C3CCOCC3)n2)C1. The zero-order chi connectivity index (χ0) is 16.1. The average Bonchev–Trinajstić information content (AvgIpc) is 3.06. The fraction of sp³-hybridized carbons (Fsp3) is 0.765. The third kappa shape index (κ3) is 4.51. The number of nitrogens with zero attached hydrogens (tertiary/aromatic N) is 1. The fourth-order valence-corrected chi connectivity index (χ4v) is 4.62. The van der Waals surface area contributed by atoms with Gasteiger partial charge in [-0.05, 0) is 37.9 Å². The summed E-state index contributed by atoms with van der Waals surface area (Å²) >= 11 is 2.00. The number of thioether (sulfide) groups is 1. The Kier molecular flexibility index (Phi) is 6.00. The second kappa shape index (κ2) is 8.20. The summed E-state index contributed by atoms with van der Waals surface area (Å²) in [5.41, 5.74) is 0.414. The first kappa shape index (κ1) is 16.8. The molecule has 0 spiro atoms. The molecule has 1 amide bonds. The van der Waals surface area contributed by atoms with Gasteiger partial charge in [0.25, 0.3) is 5.91 Å². The van der Waals surface area contributed by atoms with Crippen molar-refractivity contribution in [3.63, 3.8) is 0 Å². The molecule has 0 unspecified atom stereocenters. The molecule has 1 saturated carbocycles. The summed E-state index contributed by atoms with van der Waals surface area (Å²) in [5.74, 6) is 2.01. The van der Waals surface area contributed by atoms with Crippen molar-refractivity contribution in [1.82, 2.24) is 10.3 Å². The first-order valence-corrected chi connectivity index (χ1v) is 9.76. The minimum absolute atomic E-state index is 0.0980. The number of aromatic nitrogens is 1. The quantitative estimate of drug-likeness (QED) is 0.892. The highest BCUT2D eigenvalue weighted by Crippen LogP contribution is 2.29. The Morgan fingerprint density at radius 3 is 2.96 bits per heavy atom. The lowest BCUT2D eigenvalue weighted by molar-refractivity contribution is 0.0794. The average molecular weight is 338 g/mol. The molecule has 1 aliphatic heterocycles. The van der Waals surface area contributed by atoms with Crippen LogP contribution in [0.4, 0.5) is 0 Å². The number of ether oxygens (including phenoxy) is 1. The second-order valence-electron chi connectivity index (χ2n) is 6.37. The van der Waals surface area contributed by atoms with Crippen molar-refractivity contribution in [2.45, 2.75) is 62.7 Å². The van der Waals surface area contributed by atoms with Crippen LogP contribution < -0.4 is 5.32 Å². The molecule has 3 rings (SSSR count). The van der Waals surface area contributed by atoms with E-state index in [1.54, 1.807) is 0 Å². The van der Waals surface area contributed by atoms with Crippen LogP contribution in [0.5, 0.6) is 0 Å². The first-order valence-electron chi connectivity index (χ1n) is 8.72. The molecular formula is C17H26N2O3S. The molecule has 0 aromatic carbocycles. The molecule has 1 N–H and O–H groups in total. The van der Waals surface area contributed by atoms with Crippen molar-refractivity contribution in [3.05, 3.63) is 17.8 Å². The topological polar surface area (TPSA) is 64.4 Å². The third-order valence-corrected chi connectivity index (χ3v) is 5.92. The lowest BCUT2D eigenvalue weighted by atomic mass is 9.95. The zero-order valence-corrected chi connectivity index (χ0v) is 14.6. The van der Waals surface area contributed by atoms with Crippen LogP contribution in [-0.4, -0.2) is 41.1 Å². The Balaban J connectivity index is 1.54. The van der Waals surface area contributed by atoms with Gasteiger partial charge in [-0.15, -0.1) is 0 Å². The largest absolute Gasteiger partial charge is 0.448 e. The molecule has 23 heavy (non-hydrogen) atoms. The van der Waals surface area contributed by atoms with Crippen LogP contribution in [0.1, 0.15) is 67.7 Å². The third-order valence-electron chi connectivity index (χ3n) is 4.69. The van der Waals surface area contributed by atoms with E-state index in [0.717, 1.165) is 44.6 Å². The molecule has 128 valence electrons. The normalized spacial score (nSPS) is 26.1. The van der Waals surface area contributed by atoms with Crippen LogP contribution in [0.25, 0.3) is 0 Å². The molecule has 2 fully saturated rings. The predicted octanol–water partition coefficient (Wildman–Crippen LogP) is 3.36. The van der Waals surface area contributed by atoms with E-state index in [1.165, 1.54) is 19.1 Å². The minimum Gasteiger partial charge on any atom is -0.448 e. The van der Waals surface area contributed by atoms with Crippen LogP contribution in [0.3, 0.4) is 0 Å². The number of rotatable bonds is 5. The molecular weight excluding hydrogens is 312 g/mol. The molecule has 1 saturated heterocycles. The van der Waals surface area contributed by atoms with Crippen molar-refractivity contribution in [3.8, 4) is 0 Å². The van der Waals surface area contributed by atoms with Crippen LogP contribution >= 0.6 is 11.8 Å². The molecule has 2 aliphatic rings. The van der Waals surface area contributed by atoms with Gasteiger partial charge in [-0.3, -0.25) is 4.79 Å². The Hall–Kier alpha value is -1.01. The lowest BCUT2D eigenvalue weighted by Crippen LogP contribution is -2.39. The van der Waals surface area contributed by atoms with Crippen molar-refractivity contribution in [1.29, 1.82) is 0 Å². The smallest absolute Gasteiger partial charge is 0.273 e. The maximum Gasteiger partial charge on any atom is 0.273 e. The molecule has 5 nitrogen and oxygen atoms in total. The van der Waals surface area contributed by atoms with Gasteiger partial charge in [-0.25, -0.2) is 4.98 Å². The summed E-state index contributed by atoms with van der Waals surface area (Å²) in [5, 5.41) is 3.82. The Morgan fingerprint density at radius 2 is 2.17 bits per heavy atom. The lowest BCUT2D eigenvalue weighted by Gasteiger charge is -2.28. The Morgan fingerprint density at radius 1 is 1.35 bits per heavy atom. The number of oxazole rings is 1. The maximum atomic E-state index is 12.4. The highest BCUT2D eigenvalue weighted by atomic mass is 32.2. The monoisotopic (exact) mass is 338 g/mol. The summed E-state index contributed by atoms with van der Waals surface area (Å²) in [4.78, 5) is 16.8.